The number of aliphatic carboxylic acids is 1. The molecule has 6 heteroatoms. The van der Waals surface area contributed by atoms with Gasteiger partial charge in [-0.2, -0.15) is 5.10 Å². The third-order valence-electron chi connectivity index (χ3n) is 4.72. The van der Waals surface area contributed by atoms with Crippen LogP contribution in [0.4, 0.5) is 0 Å². The second-order valence-corrected chi connectivity index (χ2v) is 6.86. The summed E-state index contributed by atoms with van der Waals surface area (Å²) < 4.78 is 1.82. The Hall–Kier alpha value is -2.63. The Balaban J connectivity index is 1.54. The number of carboxylic acids is 1. The van der Waals surface area contributed by atoms with E-state index in [0.717, 1.165) is 11.1 Å². The zero-order valence-electron chi connectivity index (χ0n) is 13.8. The number of hydrogen-bond donors (Lipinski definition) is 2. The molecule has 3 rings (SSSR count). The SMILES string of the molecule is CC1(C)[C@H](C(=O)O)[C@@H]1C(=O)NCc1cnn(Cc2ccccc2)c1. The molecule has 0 saturated heterocycles. The third-order valence-corrected chi connectivity index (χ3v) is 4.72. The van der Waals surface area contributed by atoms with E-state index in [1.807, 2.05) is 55.1 Å². The van der Waals surface area contributed by atoms with E-state index in [1.165, 1.54) is 0 Å². The molecule has 0 radical (unpaired) electrons. The maximum atomic E-state index is 12.2. The number of hydrogen-bond acceptors (Lipinski definition) is 3. The van der Waals surface area contributed by atoms with Gasteiger partial charge in [-0.05, 0) is 11.0 Å². The highest BCUT2D eigenvalue weighted by Crippen LogP contribution is 2.58. The van der Waals surface area contributed by atoms with Crippen LogP contribution in [0.5, 0.6) is 0 Å². The van der Waals surface area contributed by atoms with E-state index in [2.05, 4.69) is 10.4 Å². The lowest BCUT2D eigenvalue weighted by Crippen LogP contribution is -2.26. The van der Waals surface area contributed by atoms with Crippen LogP contribution in [0.15, 0.2) is 42.7 Å². The number of aromatic nitrogens is 2. The Bertz CT molecular complexity index is 752. The summed E-state index contributed by atoms with van der Waals surface area (Å²) in [6.45, 7) is 4.65. The zero-order chi connectivity index (χ0) is 17.3. The predicted octanol–water partition coefficient (Wildman–Crippen LogP) is 1.90. The first-order valence-electron chi connectivity index (χ1n) is 7.95. The van der Waals surface area contributed by atoms with Crippen molar-refractivity contribution in [2.45, 2.75) is 26.9 Å². The van der Waals surface area contributed by atoms with E-state index < -0.39 is 23.2 Å². The number of benzene rings is 1. The molecule has 1 aromatic heterocycles. The first kappa shape index (κ1) is 16.2. The van der Waals surface area contributed by atoms with E-state index in [1.54, 1.807) is 6.20 Å². The van der Waals surface area contributed by atoms with Crippen molar-refractivity contribution in [2.24, 2.45) is 17.3 Å². The average Bonchev–Trinajstić information content (AvgIpc) is 2.89. The van der Waals surface area contributed by atoms with Crippen molar-refractivity contribution in [3.05, 3.63) is 53.9 Å². The Morgan fingerprint density at radius 3 is 2.54 bits per heavy atom. The van der Waals surface area contributed by atoms with Crippen molar-refractivity contribution >= 4 is 11.9 Å². The molecule has 6 nitrogen and oxygen atoms in total. The fraction of sp³-hybridized carbons (Fsp3) is 0.389. The summed E-state index contributed by atoms with van der Waals surface area (Å²) in [5, 5.41) is 16.3. The normalized spacial score (nSPS) is 21.2. The Morgan fingerprint density at radius 1 is 1.21 bits per heavy atom. The van der Waals surface area contributed by atoms with Crippen molar-refractivity contribution in [3.63, 3.8) is 0 Å². The molecule has 0 aliphatic heterocycles. The number of amides is 1. The molecule has 1 aliphatic rings. The number of carboxylic acid groups (broad SMARTS) is 1. The van der Waals surface area contributed by atoms with Crippen LogP contribution < -0.4 is 5.32 Å². The minimum absolute atomic E-state index is 0.205. The summed E-state index contributed by atoms with van der Waals surface area (Å²) in [6, 6.07) is 10.00. The molecule has 1 fully saturated rings. The fourth-order valence-electron chi connectivity index (χ4n) is 3.24. The van der Waals surface area contributed by atoms with Crippen molar-refractivity contribution in [2.75, 3.05) is 0 Å². The van der Waals surface area contributed by atoms with Gasteiger partial charge < -0.3 is 10.4 Å². The van der Waals surface area contributed by atoms with E-state index >= 15 is 0 Å². The van der Waals surface area contributed by atoms with E-state index in [9.17, 15) is 9.59 Å². The quantitative estimate of drug-likeness (QED) is 0.849. The Morgan fingerprint density at radius 2 is 1.92 bits per heavy atom. The van der Waals surface area contributed by atoms with Crippen LogP contribution in [-0.2, 0) is 22.7 Å². The molecule has 1 aromatic carbocycles. The second kappa shape index (κ2) is 6.11. The van der Waals surface area contributed by atoms with Gasteiger partial charge in [-0.1, -0.05) is 44.2 Å². The van der Waals surface area contributed by atoms with Gasteiger partial charge in [0, 0.05) is 18.3 Å². The molecule has 1 aliphatic carbocycles. The van der Waals surface area contributed by atoms with Gasteiger partial charge in [-0.25, -0.2) is 0 Å². The molecule has 1 saturated carbocycles. The van der Waals surface area contributed by atoms with Crippen LogP contribution in [0, 0.1) is 17.3 Å². The van der Waals surface area contributed by atoms with Crippen molar-refractivity contribution in [1.82, 2.24) is 15.1 Å². The summed E-state index contributed by atoms with van der Waals surface area (Å²) in [5.41, 5.74) is 1.57. The summed E-state index contributed by atoms with van der Waals surface area (Å²) in [6.07, 6.45) is 3.61. The smallest absolute Gasteiger partial charge is 0.307 e. The fourth-order valence-corrected chi connectivity index (χ4v) is 3.24. The summed E-state index contributed by atoms with van der Waals surface area (Å²) >= 11 is 0. The lowest BCUT2D eigenvalue weighted by Gasteiger charge is -2.04. The number of carbonyl (C=O) groups is 2. The van der Waals surface area contributed by atoms with Gasteiger partial charge in [0.25, 0.3) is 0 Å². The van der Waals surface area contributed by atoms with Gasteiger partial charge in [0.05, 0.1) is 24.6 Å². The largest absolute Gasteiger partial charge is 0.481 e. The second-order valence-electron chi connectivity index (χ2n) is 6.86. The molecule has 2 N–H and O–H groups in total. The molecule has 1 amide bonds. The molecule has 126 valence electrons. The minimum Gasteiger partial charge on any atom is -0.481 e. The van der Waals surface area contributed by atoms with Crippen molar-refractivity contribution in [3.8, 4) is 0 Å². The number of rotatable bonds is 6. The van der Waals surface area contributed by atoms with E-state index in [4.69, 9.17) is 5.11 Å². The Labute approximate surface area is 140 Å². The Kier molecular flexibility index (Phi) is 4.13. The molecule has 0 unspecified atom stereocenters. The van der Waals surface area contributed by atoms with Gasteiger partial charge in [0.15, 0.2) is 0 Å². The number of nitrogens with one attached hydrogen (secondary N) is 1. The maximum absolute atomic E-state index is 12.2. The standard InChI is InChI=1S/C18H21N3O3/c1-18(2)14(15(18)17(23)24)16(22)19-8-13-9-20-21(11-13)10-12-6-4-3-5-7-12/h3-7,9,11,14-15H,8,10H2,1-2H3,(H,19,22)(H,23,24)/t14-,15+/m1/s1. The van der Waals surface area contributed by atoms with Crippen LogP contribution in [0.3, 0.4) is 0 Å². The summed E-state index contributed by atoms with van der Waals surface area (Å²) in [7, 11) is 0. The van der Waals surface area contributed by atoms with Gasteiger partial charge in [0.1, 0.15) is 0 Å². The molecule has 0 spiro atoms. The average molecular weight is 327 g/mol. The van der Waals surface area contributed by atoms with Crippen LogP contribution in [0.25, 0.3) is 0 Å². The van der Waals surface area contributed by atoms with Gasteiger partial charge in [-0.3, -0.25) is 14.3 Å². The highest BCUT2D eigenvalue weighted by molar-refractivity contribution is 5.91. The van der Waals surface area contributed by atoms with Crippen molar-refractivity contribution < 1.29 is 14.7 Å². The lowest BCUT2D eigenvalue weighted by molar-refractivity contribution is -0.140. The third kappa shape index (κ3) is 3.18. The van der Waals surface area contributed by atoms with Crippen LogP contribution in [-0.4, -0.2) is 26.8 Å². The maximum Gasteiger partial charge on any atom is 0.307 e. The first-order chi connectivity index (χ1) is 11.4. The van der Waals surface area contributed by atoms with Gasteiger partial charge >= 0.3 is 5.97 Å². The molecular weight excluding hydrogens is 306 g/mol. The predicted molar refractivity (Wildman–Crippen MR) is 88.0 cm³/mol. The lowest BCUT2D eigenvalue weighted by atomic mass is 10.1. The van der Waals surface area contributed by atoms with E-state index in [-0.39, 0.29) is 5.91 Å². The monoisotopic (exact) mass is 327 g/mol. The first-order valence-corrected chi connectivity index (χ1v) is 7.95. The van der Waals surface area contributed by atoms with E-state index in [0.29, 0.717) is 13.1 Å². The summed E-state index contributed by atoms with van der Waals surface area (Å²) in [4.78, 5) is 23.4. The molecule has 2 atom stereocenters. The highest BCUT2D eigenvalue weighted by Gasteiger charge is 2.65. The zero-order valence-corrected chi connectivity index (χ0v) is 13.8. The summed E-state index contributed by atoms with van der Waals surface area (Å²) in [5.74, 6) is -2.17. The molecule has 2 aromatic rings. The van der Waals surface area contributed by atoms with Crippen molar-refractivity contribution in [1.29, 1.82) is 0 Å². The van der Waals surface area contributed by atoms with Crippen LogP contribution in [0.1, 0.15) is 25.0 Å². The number of nitrogens with zero attached hydrogens (tertiary/aromatic N) is 2. The number of carbonyl (C=O) groups excluding carboxylic acids is 1. The minimum atomic E-state index is -0.907. The highest BCUT2D eigenvalue weighted by atomic mass is 16.4. The topological polar surface area (TPSA) is 84.2 Å². The van der Waals surface area contributed by atoms with Gasteiger partial charge in [0.2, 0.25) is 5.91 Å². The molecular formula is C18H21N3O3. The molecule has 24 heavy (non-hydrogen) atoms. The van der Waals surface area contributed by atoms with Crippen LogP contribution >= 0.6 is 0 Å². The van der Waals surface area contributed by atoms with Gasteiger partial charge in [-0.15, -0.1) is 0 Å². The molecule has 0 bridgehead atoms. The molecule has 1 heterocycles. The van der Waals surface area contributed by atoms with Crippen LogP contribution in [0.2, 0.25) is 0 Å².